The van der Waals surface area contributed by atoms with Crippen LogP contribution in [0.5, 0.6) is 0 Å². The summed E-state index contributed by atoms with van der Waals surface area (Å²) in [4.78, 5) is 24.7. The lowest BCUT2D eigenvalue weighted by atomic mass is 10.0. The molecule has 0 spiro atoms. The highest BCUT2D eigenvalue weighted by Gasteiger charge is 2.32. The Morgan fingerprint density at radius 2 is 2.28 bits per heavy atom. The number of nitrogens with zero attached hydrogens (tertiary/aromatic N) is 2. The maximum Gasteiger partial charge on any atom is 0.233 e. The van der Waals surface area contributed by atoms with Gasteiger partial charge in [0.05, 0.1) is 5.92 Å². The van der Waals surface area contributed by atoms with Gasteiger partial charge < -0.3 is 21.2 Å². The molecule has 0 aromatic heterocycles. The average Bonchev–Trinajstić information content (AvgIpc) is 2.77. The molecule has 0 radical (unpaired) electrons. The van der Waals surface area contributed by atoms with Crippen molar-refractivity contribution in [1.82, 2.24) is 10.2 Å². The minimum absolute atomic E-state index is 0.00348. The summed E-state index contributed by atoms with van der Waals surface area (Å²) in [6, 6.07) is -0.00348. The zero-order valence-corrected chi connectivity index (χ0v) is 10.7. The lowest BCUT2D eigenvalue weighted by Gasteiger charge is -2.21. The first kappa shape index (κ1) is 14.3. The van der Waals surface area contributed by atoms with Gasteiger partial charge in [-0.1, -0.05) is 12.1 Å². The van der Waals surface area contributed by atoms with E-state index in [0.717, 1.165) is 6.42 Å². The third-order valence-corrected chi connectivity index (χ3v) is 3.09. The highest BCUT2D eigenvalue weighted by Crippen LogP contribution is 2.15. The summed E-state index contributed by atoms with van der Waals surface area (Å²) in [5.41, 5.74) is 5.49. The van der Waals surface area contributed by atoms with Gasteiger partial charge >= 0.3 is 0 Å². The number of hydrogen-bond acceptors (Lipinski definition) is 4. The predicted octanol–water partition coefficient (Wildman–Crippen LogP) is -0.504. The van der Waals surface area contributed by atoms with Crippen molar-refractivity contribution in [3.05, 3.63) is 0 Å². The number of amidine groups is 1. The van der Waals surface area contributed by atoms with Crippen LogP contribution in [0.3, 0.4) is 0 Å². The van der Waals surface area contributed by atoms with Crippen LogP contribution in [-0.2, 0) is 9.59 Å². The first-order chi connectivity index (χ1) is 8.49. The first-order valence-electron chi connectivity index (χ1n) is 6.02. The fourth-order valence-corrected chi connectivity index (χ4v) is 2.17. The van der Waals surface area contributed by atoms with Crippen molar-refractivity contribution in [2.45, 2.75) is 32.7 Å². The van der Waals surface area contributed by atoms with Gasteiger partial charge in [0, 0.05) is 26.1 Å². The molecule has 0 saturated carbocycles. The normalized spacial score (nSPS) is 21.8. The van der Waals surface area contributed by atoms with E-state index in [2.05, 4.69) is 10.5 Å². The molecule has 1 heterocycles. The van der Waals surface area contributed by atoms with Gasteiger partial charge in [-0.15, -0.1) is 0 Å². The van der Waals surface area contributed by atoms with Crippen molar-refractivity contribution in [3.63, 3.8) is 0 Å². The molecule has 1 rings (SSSR count). The number of nitrogens with one attached hydrogen (secondary N) is 1. The van der Waals surface area contributed by atoms with Crippen LogP contribution >= 0.6 is 0 Å². The Bertz CT molecular complexity index is 356. The van der Waals surface area contributed by atoms with E-state index < -0.39 is 5.92 Å². The molecule has 7 heteroatoms. The fraction of sp³-hybridized carbons (Fsp3) is 0.727. The Morgan fingerprint density at radius 1 is 1.61 bits per heavy atom. The molecule has 1 fully saturated rings. The molecule has 1 saturated heterocycles. The second-order valence-electron chi connectivity index (χ2n) is 4.46. The second kappa shape index (κ2) is 6.23. The van der Waals surface area contributed by atoms with Crippen LogP contribution < -0.4 is 11.1 Å². The second-order valence-corrected chi connectivity index (χ2v) is 4.46. The van der Waals surface area contributed by atoms with E-state index in [0.29, 0.717) is 19.5 Å². The molecule has 2 amide bonds. The summed E-state index contributed by atoms with van der Waals surface area (Å²) in [5, 5.41) is 14.3. The summed E-state index contributed by atoms with van der Waals surface area (Å²) >= 11 is 0. The zero-order chi connectivity index (χ0) is 13.7. The van der Waals surface area contributed by atoms with E-state index in [4.69, 9.17) is 10.9 Å². The van der Waals surface area contributed by atoms with Gasteiger partial charge in [0.1, 0.15) is 0 Å². The van der Waals surface area contributed by atoms with Crippen molar-refractivity contribution in [2.24, 2.45) is 16.8 Å². The summed E-state index contributed by atoms with van der Waals surface area (Å²) in [6.07, 6.45) is 1.22. The number of oxime groups is 1. The Labute approximate surface area is 106 Å². The number of hydrogen-bond donors (Lipinski definition) is 3. The summed E-state index contributed by atoms with van der Waals surface area (Å²) in [6.45, 7) is 4.32. The molecule has 0 aromatic carbocycles. The van der Waals surface area contributed by atoms with Gasteiger partial charge in [0.25, 0.3) is 0 Å². The van der Waals surface area contributed by atoms with E-state index in [1.165, 1.54) is 6.92 Å². The first-order valence-corrected chi connectivity index (χ1v) is 6.02. The Hall–Kier alpha value is -1.79. The van der Waals surface area contributed by atoms with E-state index in [-0.39, 0.29) is 23.7 Å². The molecular weight excluding hydrogens is 236 g/mol. The molecule has 18 heavy (non-hydrogen) atoms. The molecule has 2 atom stereocenters. The predicted molar refractivity (Wildman–Crippen MR) is 66.0 cm³/mol. The van der Waals surface area contributed by atoms with Crippen LogP contribution in [0.15, 0.2) is 5.16 Å². The maximum atomic E-state index is 12.1. The SMILES string of the molecule is CCC(C(=O)N1CCC(NC(C)=O)C1)C(N)=NO. The average molecular weight is 256 g/mol. The molecule has 0 aliphatic carbocycles. The number of rotatable bonds is 4. The van der Waals surface area contributed by atoms with Crippen LogP contribution in [0.25, 0.3) is 0 Å². The van der Waals surface area contributed by atoms with Crippen molar-refractivity contribution in [1.29, 1.82) is 0 Å². The number of amides is 2. The minimum Gasteiger partial charge on any atom is -0.409 e. The number of nitrogens with two attached hydrogens (primary N) is 1. The van der Waals surface area contributed by atoms with Gasteiger partial charge in [0.2, 0.25) is 11.8 Å². The van der Waals surface area contributed by atoms with Crippen LogP contribution in [0.2, 0.25) is 0 Å². The molecule has 0 aromatic rings. The molecule has 1 aliphatic heterocycles. The summed E-state index contributed by atoms with van der Waals surface area (Å²) in [5.74, 6) is -0.907. The topological polar surface area (TPSA) is 108 Å². The highest BCUT2D eigenvalue weighted by atomic mass is 16.4. The molecule has 4 N–H and O–H groups in total. The summed E-state index contributed by atoms with van der Waals surface area (Å²) in [7, 11) is 0. The van der Waals surface area contributed by atoms with Gasteiger partial charge in [-0.3, -0.25) is 9.59 Å². The molecule has 2 unspecified atom stereocenters. The van der Waals surface area contributed by atoms with Gasteiger partial charge in [0.15, 0.2) is 5.84 Å². The van der Waals surface area contributed by atoms with Crippen LogP contribution in [0.1, 0.15) is 26.7 Å². The standard InChI is InChI=1S/C11H20N4O3/c1-3-9(10(12)14-18)11(17)15-5-4-8(6-15)13-7(2)16/h8-9,18H,3-6H2,1-2H3,(H2,12,14)(H,13,16). The van der Waals surface area contributed by atoms with Gasteiger partial charge in [-0.05, 0) is 12.8 Å². The molecule has 0 bridgehead atoms. The largest absolute Gasteiger partial charge is 0.409 e. The summed E-state index contributed by atoms with van der Waals surface area (Å²) < 4.78 is 0. The lowest BCUT2D eigenvalue weighted by molar-refractivity contribution is -0.132. The molecule has 102 valence electrons. The fourth-order valence-electron chi connectivity index (χ4n) is 2.17. The zero-order valence-electron chi connectivity index (χ0n) is 10.7. The Morgan fingerprint density at radius 3 is 2.78 bits per heavy atom. The van der Waals surface area contributed by atoms with Crippen molar-refractivity contribution in [2.75, 3.05) is 13.1 Å². The highest BCUT2D eigenvalue weighted by molar-refractivity contribution is 6.02. The van der Waals surface area contributed by atoms with Gasteiger partial charge in [-0.25, -0.2) is 0 Å². The van der Waals surface area contributed by atoms with Crippen LogP contribution in [-0.4, -0.2) is 46.9 Å². The number of carbonyl (C=O) groups excluding carboxylic acids is 2. The van der Waals surface area contributed by atoms with E-state index >= 15 is 0 Å². The van der Waals surface area contributed by atoms with E-state index in [9.17, 15) is 9.59 Å². The number of likely N-dealkylation sites (tertiary alicyclic amines) is 1. The van der Waals surface area contributed by atoms with Crippen molar-refractivity contribution >= 4 is 17.6 Å². The van der Waals surface area contributed by atoms with Gasteiger partial charge in [-0.2, -0.15) is 0 Å². The third-order valence-electron chi connectivity index (χ3n) is 3.09. The Balaban J connectivity index is 2.61. The van der Waals surface area contributed by atoms with E-state index in [1.807, 2.05) is 6.92 Å². The molecular formula is C11H20N4O3. The quantitative estimate of drug-likeness (QED) is 0.272. The van der Waals surface area contributed by atoms with Crippen molar-refractivity contribution < 1.29 is 14.8 Å². The lowest BCUT2D eigenvalue weighted by Crippen LogP contribution is -2.42. The van der Waals surface area contributed by atoms with Crippen LogP contribution in [0.4, 0.5) is 0 Å². The monoisotopic (exact) mass is 256 g/mol. The maximum absolute atomic E-state index is 12.1. The smallest absolute Gasteiger partial charge is 0.233 e. The van der Waals surface area contributed by atoms with E-state index in [1.54, 1.807) is 4.90 Å². The Kier molecular flexibility index (Phi) is 4.94. The molecule has 1 aliphatic rings. The van der Waals surface area contributed by atoms with Crippen molar-refractivity contribution in [3.8, 4) is 0 Å². The molecule has 7 nitrogen and oxygen atoms in total. The minimum atomic E-state index is -0.592. The third kappa shape index (κ3) is 3.35. The van der Waals surface area contributed by atoms with Crippen LogP contribution in [0, 0.1) is 5.92 Å². The number of carbonyl (C=O) groups is 2.